The Morgan fingerprint density at radius 3 is 2.68 bits per heavy atom. The van der Waals surface area contributed by atoms with E-state index in [9.17, 15) is 0 Å². The second-order valence-electron chi connectivity index (χ2n) is 6.18. The van der Waals surface area contributed by atoms with Crippen molar-refractivity contribution in [3.8, 4) is 0 Å². The molecule has 4 heteroatoms. The van der Waals surface area contributed by atoms with Gasteiger partial charge in [0.1, 0.15) is 0 Å². The minimum atomic E-state index is 0.495. The van der Waals surface area contributed by atoms with Crippen LogP contribution in [0.1, 0.15) is 44.3 Å². The number of hydrogen-bond donors (Lipinski definition) is 1. The van der Waals surface area contributed by atoms with Crippen LogP contribution in [0.3, 0.4) is 0 Å². The second kappa shape index (κ2) is 5.63. The summed E-state index contributed by atoms with van der Waals surface area (Å²) in [5.74, 6) is 0.873. The van der Waals surface area contributed by atoms with Crippen molar-refractivity contribution in [2.75, 3.05) is 19.6 Å². The summed E-state index contributed by atoms with van der Waals surface area (Å²) in [5, 5.41) is 7.79. The lowest BCUT2D eigenvalue weighted by Crippen LogP contribution is -2.39. The molecule has 1 atom stereocenters. The van der Waals surface area contributed by atoms with Gasteiger partial charge >= 0.3 is 0 Å². The molecule has 0 spiro atoms. The molecule has 2 fully saturated rings. The average molecular weight is 262 g/mol. The lowest BCUT2D eigenvalue weighted by molar-refractivity contribution is 0.147. The molecule has 1 aromatic heterocycles. The maximum atomic E-state index is 4.33. The fourth-order valence-electron chi connectivity index (χ4n) is 3.36. The Morgan fingerprint density at radius 2 is 2.11 bits per heavy atom. The van der Waals surface area contributed by atoms with Crippen molar-refractivity contribution in [1.82, 2.24) is 20.0 Å². The van der Waals surface area contributed by atoms with E-state index in [1.807, 2.05) is 10.9 Å². The van der Waals surface area contributed by atoms with E-state index in [-0.39, 0.29) is 0 Å². The van der Waals surface area contributed by atoms with Crippen molar-refractivity contribution >= 4 is 0 Å². The molecule has 0 bridgehead atoms. The summed E-state index contributed by atoms with van der Waals surface area (Å²) in [7, 11) is 2.06. The standard InChI is InChI=1S/C15H26N4/c1-12(15-7-10-17-18(15)2)19(14-3-4-14)11-13-5-8-16-9-6-13/h7,10,12-14,16H,3-6,8-9,11H2,1-2H3. The van der Waals surface area contributed by atoms with E-state index in [2.05, 4.69) is 35.4 Å². The molecule has 1 unspecified atom stereocenters. The van der Waals surface area contributed by atoms with Crippen LogP contribution in [0, 0.1) is 5.92 Å². The van der Waals surface area contributed by atoms with Crippen LogP contribution in [0.5, 0.6) is 0 Å². The van der Waals surface area contributed by atoms with E-state index >= 15 is 0 Å². The van der Waals surface area contributed by atoms with E-state index in [4.69, 9.17) is 0 Å². The zero-order chi connectivity index (χ0) is 13.2. The van der Waals surface area contributed by atoms with Crippen molar-refractivity contribution in [3.05, 3.63) is 18.0 Å². The lowest BCUT2D eigenvalue weighted by Gasteiger charge is -2.34. The van der Waals surface area contributed by atoms with Gasteiger partial charge in [-0.05, 0) is 57.7 Å². The van der Waals surface area contributed by atoms with Crippen LogP contribution in [0.15, 0.2) is 12.3 Å². The predicted molar refractivity (Wildman–Crippen MR) is 76.9 cm³/mol. The molecule has 3 rings (SSSR count). The Kier molecular flexibility index (Phi) is 3.89. The Morgan fingerprint density at radius 1 is 1.37 bits per heavy atom. The third kappa shape index (κ3) is 3.00. The molecule has 106 valence electrons. The van der Waals surface area contributed by atoms with Gasteiger partial charge in [0.05, 0.1) is 5.69 Å². The first-order valence-corrected chi connectivity index (χ1v) is 7.70. The van der Waals surface area contributed by atoms with Gasteiger partial charge < -0.3 is 5.32 Å². The van der Waals surface area contributed by atoms with Crippen molar-refractivity contribution in [2.45, 2.75) is 44.7 Å². The first-order chi connectivity index (χ1) is 9.25. The van der Waals surface area contributed by atoms with Gasteiger partial charge in [0.15, 0.2) is 0 Å². The summed E-state index contributed by atoms with van der Waals surface area (Å²) >= 11 is 0. The molecule has 1 N–H and O–H groups in total. The van der Waals surface area contributed by atoms with Gasteiger partial charge in [-0.3, -0.25) is 9.58 Å². The highest BCUT2D eigenvalue weighted by Crippen LogP contribution is 2.35. The Labute approximate surface area is 116 Å². The number of aromatic nitrogens is 2. The van der Waals surface area contributed by atoms with Gasteiger partial charge in [-0.1, -0.05) is 0 Å². The summed E-state index contributed by atoms with van der Waals surface area (Å²) in [4.78, 5) is 2.73. The van der Waals surface area contributed by atoms with Gasteiger partial charge in [0.25, 0.3) is 0 Å². The van der Waals surface area contributed by atoms with Crippen LogP contribution in [-0.2, 0) is 7.05 Å². The molecule has 0 radical (unpaired) electrons. The van der Waals surface area contributed by atoms with Crippen LogP contribution in [0.4, 0.5) is 0 Å². The van der Waals surface area contributed by atoms with Crippen LogP contribution in [-0.4, -0.2) is 40.4 Å². The highest BCUT2D eigenvalue weighted by atomic mass is 15.3. The van der Waals surface area contributed by atoms with Crippen molar-refractivity contribution in [2.24, 2.45) is 13.0 Å². The molecule has 0 amide bonds. The molecule has 19 heavy (non-hydrogen) atoms. The lowest BCUT2D eigenvalue weighted by atomic mass is 9.96. The molecule has 2 aliphatic rings. The molecule has 0 aromatic carbocycles. The maximum Gasteiger partial charge on any atom is 0.0549 e. The summed E-state index contributed by atoms with van der Waals surface area (Å²) in [5.41, 5.74) is 1.35. The first kappa shape index (κ1) is 13.1. The Hall–Kier alpha value is -0.870. The first-order valence-electron chi connectivity index (χ1n) is 7.70. The van der Waals surface area contributed by atoms with E-state index in [1.165, 1.54) is 51.0 Å². The Balaban J connectivity index is 1.68. The fraction of sp³-hybridized carbons (Fsp3) is 0.800. The van der Waals surface area contributed by atoms with Crippen LogP contribution < -0.4 is 5.32 Å². The quantitative estimate of drug-likeness (QED) is 0.880. The third-order valence-corrected chi connectivity index (χ3v) is 4.73. The highest BCUT2D eigenvalue weighted by Gasteiger charge is 2.35. The molecule has 1 saturated carbocycles. The second-order valence-corrected chi connectivity index (χ2v) is 6.18. The van der Waals surface area contributed by atoms with Crippen LogP contribution in [0.25, 0.3) is 0 Å². The van der Waals surface area contributed by atoms with Crippen molar-refractivity contribution in [1.29, 1.82) is 0 Å². The largest absolute Gasteiger partial charge is 0.317 e. The number of aryl methyl sites for hydroxylation is 1. The van der Waals surface area contributed by atoms with Crippen LogP contribution in [0.2, 0.25) is 0 Å². The minimum absolute atomic E-state index is 0.495. The van der Waals surface area contributed by atoms with Gasteiger partial charge in [-0.25, -0.2) is 0 Å². The fourth-order valence-corrected chi connectivity index (χ4v) is 3.36. The molecule has 1 saturated heterocycles. The minimum Gasteiger partial charge on any atom is -0.317 e. The van der Waals surface area contributed by atoms with E-state index < -0.39 is 0 Å². The number of nitrogens with one attached hydrogen (secondary N) is 1. The smallest absolute Gasteiger partial charge is 0.0549 e. The molecular weight excluding hydrogens is 236 g/mol. The van der Waals surface area contributed by atoms with Gasteiger partial charge in [-0.15, -0.1) is 0 Å². The summed E-state index contributed by atoms with van der Waals surface area (Å²) in [6, 6.07) is 3.48. The van der Waals surface area contributed by atoms with Gasteiger partial charge in [0, 0.05) is 31.9 Å². The average Bonchev–Trinajstić information content (AvgIpc) is 3.18. The van der Waals surface area contributed by atoms with Crippen LogP contribution >= 0.6 is 0 Å². The topological polar surface area (TPSA) is 33.1 Å². The van der Waals surface area contributed by atoms with Crippen molar-refractivity contribution in [3.63, 3.8) is 0 Å². The summed E-state index contributed by atoms with van der Waals surface area (Å²) < 4.78 is 2.03. The highest BCUT2D eigenvalue weighted by molar-refractivity contribution is 5.07. The monoisotopic (exact) mass is 262 g/mol. The zero-order valence-corrected chi connectivity index (χ0v) is 12.2. The maximum absolute atomic E-state index is 4.33. The summed E-state index contributed by atoms with van der Waals surface area (Å²) in [6.07, 6.45) is 7.35. The van der Waals surface area contributed by atoms with Gasteiger partial charge in [-0.2, -0.15) is 5.10 Å². The van der Waals surface area contributed by atoms with E-state index in [0.717, 1.165) is 12.0 Å². The molecule has 1 aliphatic heterocycles. The third-order valence-electron chi connectivity index (χ3n) is 4.73. The summed E-state index contributed by atoms with van der Waals surface area (Å²) in [6.45, 7) is 6.00. The number of piperidine rings is 1. The SMILES string of the molecule is CC(c1ccnn1C)N(CC1CCNCC1)C1CC1. The number of nitrogens with zero attached hydrogens (tertiary/aromatic N) is 3. The molecule has 4 nitrogen and oxygen atoms in total. The van der Waals surface area contributed by atoms with Crippen molar-refractivity contribution < 1.29 is 0 Å². The normalized spacial score (nSPS) is 22.9. The van der Waals surface area contributed by atoms with E-state index in [1.54, 1.807) is 0 Å². The number of rotatable bonds is 5. The Bertz CT molecular complexity index is 404. The molecular formula is C15H26N4. The van der Waals surface area contributed by atoms with E-state index in [0.29, 0.717) is 6.04 Å². The molecule has 1 aliphatic carbocycles. The molecule has 1 aromatic rings. The molecule has 2 heterocycles. The zero-order valence-electron chi connectivity index (χ0n) is 12.2. The predicted octanol–water partition coefficient (Wildman–Crippen LogP) is 1.95. The van der Waals surface area contributed by atoms with Gasteiger partial charge in [0.2, 0.25) is 0 Å². The number of hydrogen-bond acceptors (Lipinski definition) is 3.